The molecular weight excluding hydrogens is 512 g/mol. The summed E-state index contributed by atoms with van der Waals surface area (Å²) >= 11 is 0. The van der Waals surface area contributed by atoms with Crippen LogP contribution in [0.15, 0.2) is 158 Å². The van der Waals surface area contributed by atoms with Gasteiger partial charge in [0.05, 0.1) is 5.69 Å². The monoisotopic (exact) mass is 540 g/mol. The van der Waals surface area contributed by atoms with Crippen LogP contribution in [-0.2, 0) is 0 Å². The minimum atomic E-state index is -0.275. The first-order chi connectivity index (χ1) is 20.8. The highest BCUT2D eigenvalue weighted by atomic mass is 16.5. The highest BCUT2D eigenvalue weighted by Gasteiger charge is 2.28. The van der Waals surface area contributed by atoms with E-state index in [-0.39, 0.29) is 6.23 Å². The summed E-state index contributed by atoms with van der Waals surface area (Å²) in [6.45, 7) is 0. The van der Waals surface area contributed by atoms with Gasteiger partial charge in [-0.2, -0.15) is 0 Å². The van der Waals surface area contributed by atoms with Crippen LogP contribution >= 0.6 is 0 Å². The molecule has 0 saturated heterocycles. The fourth-order valence-electron chi connectivity index (χ4n) is 6.09. The first-order valence-corrected chi connectivity index (χ1v) is 14.3. The molecule has 42 heavy (non-hydrogen) atoms. The van der Waals surface area contributed by atoms with E-state index in [9.17, 15) is 0 Å². The second-order valence-electron chi connectivity index (χ2n) is 10.6. The molecule has 0 amide bonds. The number of fused-ring (bicyclic) bond motifs is 6. The first kappa shape index (κ1) is 24.3. The lowest BCUT2D eigenvalue weighted by atomic mass is 9.98. The Hall–Kier alpha value is -5.54. The molecule has 3 nitrogen and oxygen atoms in total. The zero-order valence-corrected chi connectivity index (χ0v) is 22.9. The molecule has 8 rings (SSSR count). The van der Waals surface area contributed by atoms with E-state index in [4.69, 9.17) is 4.74 Å². The summed E-state index contributed by atoms with van der Waals surface area (Å²) in [7, 11) is 0. The summed E-state index contributed by atoms with van der Waals surface area (Å²) in [5, 5.41) is 8.34. The molecule has 1 aliphatic heterocycles. The van der Waals surface area contributed by atoms with Crippen molar-refractivity contribution in [3.63, 3.8) is 0 Å². The van der Waals surface area contributed by atoms with Gasteiger partial charge < -0.3 is 15.0 Å². The molecule has 0 radical (unpaired) electrons. The lowest BCUT2D eigenvalue weighted by molar-refractivity contribution is 0.262. The first-order valence-electron chi connectivity index (χ1n) is 14.3. The maximum absolute atomic E-state index is 6.75. The Morgan fingerprint density at radius 2 is 1.07 bits per heavy atom. The predicted molar refractivity (Wildman–Crippen MR) is 175 cm³/mol. The number of hydrogen-bond acceptors (Lipinski definition) is 3. The zero-order chi connectivity index (χ0) is 27.9. The molecule has 1 heterocycles. The Balaban J connectivity index is 1.26. The highest BCUT2D eigenvalue weighted by molar-refractivity contribution is 6.18. The fraction of sp³-hybridized carbons (Fsp3) is 0.0256. The van der Waals surface area contributed by atoms with Gasteiger partial charge in [0.15, 0.2) is 12.0 Å². The molecule has 1 N–H and O–H groups in total. The van der Waals surface area contributed by atoms with Gasteiger partial charge in [-0.05, 0) is 70.4 Å². The largest absolute Gasteiger partial charge is 0.464 e. The molecule has 0 saturated carbocycles. The lowest BCUT2D eigenvalue weighted by Gasteiger charge is -2.26. The summed E-state index contributed by atoms with van der Waals surface area (Å²) in [5.74, 6) is 0.899. The lowest BCUT2D eigenvalue weighted by Crippen LogP contribution is -2.10. The van der Waals surface area contributed by atoms with Crippen LogP contribution in [0.5, 0.6) is 5.75 Å². The van der Waals surface area contributed by atoms with Crippen LogP contribution in [-0.4, -0.2) is 0 Å². The molecule has 0 aliphatic carbocycles. The molecule has 0 aromatic heterocycles. The quantitative estimate of drug-likeness (QED) is 0.220. The van der Waals surface area contributed by atoms with E-state index in [0.717, 1.165) is 44.8 Å². The molecule has 1 aliphatic rings. The van der Waals surface area contributed by atoms with E-state index in [1.165, 1.54) is 21.9 Å². The summed E-state index contributed by atoms with van der Waals surface area (Å²) in [4.78, 5) is 2.30. The van der Waals surface area contributed by atoms with E-state index in [1.807, 2.05) is 6.07 Å². The number of benzene rings is 7. The highest BCUT2D eigenvalue weighted by Crippen LogP contribution is 2.50. The summed E-state index contributed by atoms with van der Waals surface area (Å²) in [6, 6.07) is 55.5. The molecule has 7 aromatic rings. The fourth-order valence-corrected chi connectivity index (χ4v) is 6.09. The second-order valence-corrected chi connectivity index (χ2v) is 10.6. The number of ether oxygens (including phenoxy) is 1. The van der Waals surface area contributed by atoms with Crippen molar-refractivity contribution in [1.82, 2.24) is 0 Å². The van der Waals surface area contributed by atoms with E-state index < -0.39 is 0 Å². The van der Waals surface area contributed by atoms with Crippen LogP contribution in [0.1, 0.15) is 11.8 Å². The van der Waals surface area contributed by atoms with Crippen LogP contribution in [0.25, 0.3) is 32.7 Å². The summed E-state index contributed by atoms with van der Waals surface area (Å²) in [6.07, 6.45) is -0.275. The van der Waals surface area contributed by atoms with Gasteiger partial charge in [-0.3, -0.25) is 0 Å². The second kappa shape index (κ2) is 10.1. The van der Waals surface area contributed by atoms with Crippen molar-refractivity contribution in [2.45, 2.75) is 6.23 Å². The van der Waals surface area contributed by atoms with E-state index in [2.05, 4.69) is 162 Å². The average molecular weight is 541 g/mol. The van der Waals surface area contributed by atoms with Crippen molar-refractivity contribution in [1.29, 1.82) is 0 Å². The predicted octanol–water partition coefficient (Wildman–Crippen LogP) is 10.6. The van der Waals surface area contributed by atoms with Crippen molar-refractivity contribution in [3.05, 3.63) is 163 Å². The third-order valence-corrected chi connectivity index (χ3v) is 8.06. The summed E-state index contributed by atoms with van der Waals surface area (Å²) in [5.41, 5.74) is 7.85. The molecule has 1 unspecified atom stereocenters. The number of anilines is 4. The van der Waals surface area contributed by atoms with Gasteiger partial charge in [0, 0.05) is 33.4 Å². The van der Waals surface area contributed by atoms with Crippen molar-refractivity contribution in [2.75, 3.05) is 10.2 Å². The van der Waals surface area contributed by atoms with Crippen LogP contribution in [0, 0.1) is 0 Å². The van der Waals surface area contributed by atoms with Gasteiger partial charge in [-0.15, -0.1) is 0 Å². The number of nitrogens with zero attached hydrogens (tertiary/aromatic N) is 1. The van der Waals surface area contributed by atoms with E-state index in [0.29, 0.717) is 0 Å². The van der Waals surface area contributed by atoms with Crippen LogP contribution < -0.4 is 15.0 Å². The van der Waals surface area contributed by atoms with Gasteiger partial charge in [0.2, 0.25) is 0 Å². The molecular formula is C39H28N2O. The van der Waals surface area contributed by atoms with Crippen LogP contribution in [0.4, 0.5) is 22.7 Å². The van der Waals surface area contributed by atoms with Crippen molar-refractivity contribution in [2.24, 2.45) is 0 Å². The van der Waals surface area contributed by atoms with Crippen molar-refractivity contribution >= 4 is 44.3 Å². The Bertz CT molecular complexity index is 2000. The van der Waals surface area contributed by atoms with Gasteiger partial charge >= 0.3 is 0 Å². The van der Waals surface area contributed by atoms with Crippen molar-refractivity contribution < 1.29 is 4.74 Å². The average Bonchev–Trinajstić information content (AvgIpc) is 3.53. The molecule has 3 heteroatoms. The van der Waals surface area contributed by atoms with Crippen LogP contribution in [0.3, 0.4) is 0 Å². The van der Waals surface area contributed by atoms with Gasteiger partial charge in [-0.25, -0.2) is 0 Å². The van der Waals surface area contributed by atoms with Gasteiger partial charge in [0.25, 0.3) is 0 Å². The Morgan fingerprint density at radius 1 is 0.452 bits per heavy atom. The van der Waals surface area contributed by atoms with Gasteiger partial charge in [0.1, 0.15) is 0 Å². The maximum Gasteiger partial charge on any atom is 0.196 e. The zero-order valence-electron chi connectivity index (χ0n) is 22.9. The smallest absolute Gasteiger partial charge is 0.196 e. The van der Waals surface area contributed by atoms with Crippen LogP contribution in [0.2, 0.25) is 0 Å². The van der Waals surface area contributed by atoms with Crippen molar-refractivity contribution in [3.8, 4) is 16.9 Å². The third kappa shape index (κ3) is 4.15. The molecule has 7 aromatic carbocycles. The Kier molecular flexibility index (Phi) is 5.86. The molecule has 200 valence electrons. The van der Waals surface area contributed by atoms with E-state index in [1.54, 1.807) is 0 Å². The minimum Gasteiger partial charge on any atom is -0.464 e. The number of para-hydroxylation sites is 2. The molecule has 1 atom stereocenters. The molecule has 0 spiro atoms. The SMILES string of the molecule is c1ccc(-c2cccc(C3Nc4c(c5ccc(N(c6ccccc6)c6ccccc6)cc5c5ccccc45)O3)c2)cc1. The third-order valence-electron chi connectivity index (χ3n) is 8.06. The Labute approximate surface area is 245 Å². The van der Waals surface area contributed by atoms with Gasteiger partial charge in [-0.1, -0.05) is 109 Å². The Morgan fingerprint density at radius 3 is 1.79 bits per heavy atom. The van der Waals surface area contributed by atoms with E-state index >= 15 is 0 Å². The standard InChI is InChI=1S/C39H28N2O/c1-4-13-27(14-5-1)28-15-12-16-29(25-28)39-40-37-34-22-11-10-21-33(34)36-26-32(23-24-35(36)38(37)42-39)41(30-17-6-2-7-18-30)31-19-8-3-9-20-31/h1-26,39-40H. The maximum atomic E-state index is 6.75. The number of rotatable bonds is 5. The number of hydrogen-bond donors (Lipinski definition) is 1. The topological polar surface area (TPSA) is 24.5 Å². The number of nitrogens with one attached hydrogen (secondary N) is 1. The molecule has 0 bridgehead atoms. The molecule has 0 fully saturated rings. The summed E-state index contributed by atoms with van der Waals surface area (Å²) < 4.78 is 6.75. The normalized spacial score (nSPS) is 13.9. The minimum absolute atomic E-state index is 0.275.